The maximum absolute atomic E-state index is 11.7. The lowest BCUT2D eigenvalue weighted by atomic mass is 10.1. The van der Waals surface area contributed by atoms with Crippen molar-refractivity contribution in [3.8, 4) is 0 Å². The van der Waals surface area contributed by atoms with Gasteiger partial charge >= 0.3 is 5.97 Å². The molecule has 0 bridgehead atoms. The Labute approximate surface area is 134 Å². The van der Waals surface area contributed by atoms with Crippen LogP contribution in [0.1, 0.15) is 31.7 Å². The normalized spacial score (nSPS) is 11.9. The fourth-order valence-corrected chi connectivity index (χ4v) is 2.72. The summed E-state index contributed by atoms with van der Waals surface area (Å²) in [6.45, 7) is 1.89. The van der Waals surface area contributed by atoms with E-state index in [1.807, 2.05) is 31.2 Å². The van der Waals surface area contributed by atoms with Crippen LogP contribution in [0.2, 0.25) is 5.02 Å². The standard InChI is InChI=1S/C15H20ClNO3S/c1-11(3-2-4-15(19)20)17-14(18)10-21-9-12-5-7-13(16)8-6-12/h5-8,11H,2-4,9-10H2,1H3,(H,17,18)(H,19,20). The van der Waals surface area contributed by atoms with E-state index in [9.17, 15) is 9.59 Å². The Balaban J connectivity index is 2.15. The van der Waals surface area contributed by atoms with Crippen LogP contribution < -0.4 is 5.32 Å². The SMILES string of the molecule is CC(CCCC(=O)O)NC(=O)CSCc1ccc(Cl)cc1. The van der Waals surface area contributed by atoms with Crippen LogP contribution in [-0.2, 0) is 15.3 Å². The molecule has 1 aromatic carbocycles. The summed E-state index contributed by atoms with van der Waals surface area (Å²) in [5.41, 5.74) is 1.13. The minimum absolute atomic E-state index is 0.00739. The summed E-state index contributed by atoms with van der Waals surface area (Å²) in [5.74, 6) is 0.341. The van der Waals surface area contributed by atoms with Gasteiger partial charge < -0.3 is 10.4 Å². The molecular weight excluding hydrogens is 310 g/mol. The first-order valence-corrected chi connectivity index (χ1v) is 8.34. The molecule has 116 valence electrons. The Bertz CT molecular complexity index is 464. The number of carbonyl (C=O) groups excluding carboxylic acids is 1. The summed E-state index contributed by atoms with van der Waals surface area (Å²) in [5, 5.41) is 12.1. The fraction of sp³-hybridized carbons (Fsp3) is 0.467. The number of thioether (sulfide) groups is 1. The molecule has 0 aromatic heterocycles. The number of carboxylic acid groups (broad SMARTS) is 1. The topological polar surface area (TPSA) is 66.4 Å². The molecule has 0 heterocycles. The molecule has 1 atom stereocenters. The van der Waals surface area contributed by atoms with Crippen molar-refractivity contribution in [3.63, 3.8) is 0 Å². The highest BCUT2D eigenvalue weighted by molar-refractivity contribution is 7.99. The van der Waals surface area contributed by atoms with Gasteiger partial charge in [0.25, 0.3) is 0 Å². The maximum Gasteiger partial charge on any atom is 0.303 e. The van der Waals surface area contributed by atoms with Crippen molar-refractivity contribution in [3.05, 3.63) is 34.9 Å². The third-order valence-electron chi connectivity index (χ3n) is 2.85. The number of halogens is 1. The molecule has 1 aromatic rings. The first-order chi connectivity index (χ1) is 9.97. The summed E-state index contributed by atoms with van der Waals surface area (Å²) in [6.07, 6.45) is 1.40. The van der Waals surface area contributed by atoms with Gasteiger partial charge in [0.1, 0.15) is 0 Å². The fourth-order valence-electron chi connectivity index (χ4n) is 1.79. The predicted molar refractivity (Wildman–Crippen MR) is 86.7 cm³/mol. The van der Waals surface area contributed by atoms with E-state index in [-0.39, 0.29) is 18.4 Å². The quantitative estimate of drug-likeness (QED) is 0.729. The molecule has 1 unspecified atom stereocenters. The zero-order valence-electron chi connectivity index (χ0n) is 12.0. The number of carboxylic acids is 1. The third kappa shape index (κ3) is 8.63. The molecule has 0 fully saturated rings. The highest BCUT2D eigenvalue weighted by atomic mass is 35.5. The largest absolute Gasteiger partial charge is 0.481 e. The highest BCUT2D eigenvalue weighted by Crippen LogP contribution is 2.15. The molecule has 2 N–H and O–H groups in total. The molecule has 0 saturated heterocycles. The first-order valence-electron chi connectivity index (χ1n) is 6.80. The van der Waals surface area contributed by atoms with Crippen molar-refractivity contribution in [2.24, 2.45) is 0 Å². The zero-order chi connectivity index (χ0) is 15.7. The lowest BCUT2D eigenvalue weighted by Crippen LogP contribution is -2.33. The van der Waals surface area contributed by atoms with Gasteiger partial charge in [0.05, 0.1) is 5.75 Å². The minimum Gasteiger partial charge on any atom is -0.481 e. The summed E-state index contributed by atoms with van der Waals surface area (Å²) >= 11 is 7.35. The van der Waals surface area contributed by atoms with Crippen molar-refractivity contribution in [1.82, 2.24) is 5.32 Å². The third-order valence-corrected chi connectivity index (χ3v) is 4.11. The smallest absolute Gasteiger partial charge is 0.303 e. The Hall–Kier alpha value is -1.20. The number of aliphatic carboxylic acids is 1. The van der Waals surface area contributed by atoms with Crippen molar-refractivity contribution in [2.75, 3.05) is 5.75 Å². The monoisotopic (exact) mass is 329 g/mol. The van der Waals surface area contributed by atoms with E-state index in [1.54, 1.807) is 11.8 Å². The van der Waals surface area contributed by atoms with Gasteiger partial charge in [-0.3, -0.25) is 9.59 Å². The van der Waals surface area contributed by atoms with E-state index in [0.717, 1.165) is 11.3 Å². The van der Waals surface area contributed by atoms with Gasteiger partial charge in [0, 0.05) is 23.2 Å². The number of rotatable bonds is 9. The molecule has 0 aliphatic rings. The molecule has 0 spiro atoms. The average molecular weight is 330 g/mol. The number of hydrogen-bond acceptors (Lipinski definition) is 3. The summed E-state index contributed by atoms with van der Waals surface area (Å²) in [6, 6.07) is 7.57. The molecular formula is C15H20ClNO3S. The van der Waals surface area contributed by atoms with E-state index in [2.05, 4.69) is 5.32 Å². The van der Waals surface area contributed by atoms with Crippen molar-refractivity contribution in [1.29, 1.82) is 0 Å². The Morgan fingerprint density at radius 1 is 1.33 bits per heavy atom. The summed E-state index contributed by atoms with van der Waals surface area (Å²) in [7, 11) is 0. The van der Waals surface area contributed by atoms with Crippen LogP contribution in [0.3, 0.4) is 0 Å². The van der Waals surface area contributed by atoms with E-state index in [1.165, 1.54) is 0 Å². The second kappa shape index (κ2) is 9.68. The molecule has 6 heteroatoms. The lowest BCUT2D eigenvalue weighted by Gasteiger charge is -2.13. The van der Waals surface area contributed by atoms with Gasteiger partial charge in [-0.05, 0) is 37.5 Å². The van der Waals surface area contributed by atoms with Crippen LogP contribution >= 0.6 is 23.4 Å². The second-order valence-corrected chi connectivity index (χ2v) is 6.30. The number of benzene rings is 1. The molecule has 4 nitrogen and oxygen atoms in total. The van der Waals surface area contributed by atoms with Gasteiger partial charge in [-0.1, -0.05) is 23.7 Å². The average Bonchev–Trinajstić information content (AvgIpc) is 2.40. The van der Waals surface area contributed by atoms with Gasteiger partial charge in [-0.25, -0.2) is 0 Å². The molecule has 1 rings (SSSR count). The maximum atomic E-state index is 11.7. The van der Waals surface area contributed by atoms with Crippen LogP contribution in [0.5, 0.6) is 0 Å². The van der Waals surface area contributed by atoms with Gasteiger partial charge in [0.2, 0.25) is 5.91 Å². The lowest BCUT2D eigenvalue weighted by molar-refractivity contribution is -0.137. The molecule has 0 saturated carbocycles. The Morgan fingerprint density at radius 3 is 2.62 bits per heavy atom. The summed E-state index contributed by atoms with van der Waals surface area (Å²) in [4.78, 5) is 22.1. The molecule has 0 radical (unpaired) electrons. The first kappa shape index (κ1) is 17.9. The van der Waals surface area contributed by atoms with Crippen LogP contribution in [0.25, 0.3) is 0 Å². The second-order valence-electron chi connectivity index (χ2n) is 4.87. The number of amides is 1. The van der Waals surface area contributed by atoms with Crippen LogP contribution in [0.4, 0.5) is 0 Å². The molecule has 0 aliphatic heterocycles. The van der Waals surface area contributed by atoms with Gasteiger partial charge in [-0.15, -0.1) is 11.8 Å². The highest BCUT2D eigenvalue weighted by Gasteiger charge is 2.08. The summed E-state index contributed by atoms with van der Waals surface area (Å²) < 4.78 is 0. The van der Waals surface area contributed by atoms with Crippen LogP contribution in [0.15, 0.2) is 24.3 Å². The van der Waals surface area contributed by atoms with Crippen LogP contribution in [-0.4, -0.2) is 28.8 Å². The predicted octanol–water partition coefficient (Wildman–Crippen LogP) is 3.33. The zero-order valence-corrected chi connectivity index (χ0v) is 13.5. The molecule has 0 aliphatic carbocycles. The Morgan fingerprint density at radius 2 is 2.00 bits per heavy atom. The number of carbonyl (C=O) groups is 2. The molecule has 21 heavy (non-hydrogen) atoms. The minimum atomic E-state index is -0.799. The van der Waals surface area contributed by atoms with Crippen molar-refractivity contribution >= 4 is 35.2 Å². The van der Waals surface area contributed by atoms with Crippen molar-refractivity contribution in [2.45, 2.75) is 38.0 Å². The van der Waals surface area contributed by atoms with Crippen molar-refractivity contribution < 1.29 is 14.7 Å². The van der Waals surface area contributed by atoms with E-state index in [4.69, 9.17) is 16.7 Å². The van der Waals surface area contributed by atoms with E-state index in [0.29, 0.717) is 23.6 Å². The van der Waals surface area contributed by atoms with Gasteiger partial charge in [0.15, 0.2) is 0 Å². The Kier molecular flexibility index (Phi) is 8.23. The number of nitrogens with one attached hydrogen (secondary N) is 1. The van der Waals surface area contributed by atoms with Crippen LogP contribution in [0, 0.1) is 0 Å². The molecule has 1 amide bonds. The van der Waals surface area contributed by atoms with E-state index >= 15 is 0 Å². The number of hydrogen-bond donors (Lipinski definition) is 2. The van der Waals surface area contributed by atoms with E-state index < -0.39 is 5.97 Å². The van der Waals surface area contributed by atoms with Gasteiger partial charge in [-0.2, -0.15) is 0 Å².